The minimum Gasteiger partial charge on any atom is -0.349 e. The molecule has 1 unspecified atom stereocenters. The smallest absolute Gasteiger partial charge is 0.118 e. The molecule has 1 aromatic carbocycles. The third kappa shape index (κ3) is 3.85. The summed E-state index contributed by atoms with van der Waals surface area (Å²) in [5.41, 5.74) is 4.06. The first-order chi connectivity index (χ1) is 11.3. The fourth-order valence-electron chi connectivity index (χ4n) is 3.86. The van der Waals surface area contributed by atoms with E-state index in [1.807, 2.05) is 0 Å². The fraction of sp³-hybridized carbons (Fsp3) is 0.571. The molecule has 23 heavy (non-hydrogen) atoms. The van der Waals surface area contributed by atoms with Gasteiger partial charge in [-0.2, -0.15) is 0 Å². The first kappa shape index (κ1) is 16.3. The molecule has 1 aliphatic carbocycles. The standard InChI is InChI=1S/C21H30N2/c1-3-4-15-23-17(2)22-20(18-11-7-5-8-12-18)16-21(23)19-13-9-6-10-14-19/h6,9-10,13-14,16-18H,3-5,7-8,11-12,15H2,1-2H3. The Hall–Kier alpha value is -1.57. The van der Waals surface area contributed by atoms with E-state index < -0.39 is 0 Å². The van der Waals surface area contributed by atoms with Crippen molar-refractivity contribution in [1.82, 2.24) is 4.90 Å². The molecule has 2 aliphatic rings. The highest BCUT2D eigenvalue weighted by molar-refractivity contribution is 6.03. The van der Waals surface area contributed by atoms with Crippen molar-refractivity contribution in [2.75, 3.05) is 6.54 Å². The maximum atomic E-state index is 5.08. The van der Waals surface area contributed by atoms with E-state index in [2.05, 4.69) is 55.2 Å². The number of rotatable bonds is 5. The summed E-state index contributed by atoms with van der Waals surface area (Å²) in [5, 5.41) is 0. The first-order valence-electron chi connectivity index (χ1n) is 9.41. The first-order valence-corrected chi connectivity index (χ1v) is 9.41. The van der Waals surface area contributed by atoms with E-state index in [0.29, 0.717) is 5.92 Å². The molecule has 0 saturated heterocycles. The summed E-state index contributed by atoms with van der Waals surface area (Å²) in [4.78, 5) is 7.57. The van der Waals surface area contributed by atoms with Crippen LogP contribution in [0.3, 0.4) is 0 Å². The van der Waals surface area contributed by atoms with Crippen LogP contribution in [0.25, 0.3) is 5.70 Å². The summed E-state index contributed by atoms with van der Waals surface area (Å²) in [6, 6.07) is 10.9. The molecule has 1 saturated carbocycles. The Morgan fingerprint density at radius 1 is 1.09 bits per heavy atom. The van der Waals surface area contributed by atoms with Gasteiger partial charge in [-0.25, -0.2) is 0 Å². The Bertz CT molecular complexity index is 552. The SMILES string of the molecule is CCCCN1C(c2ccccc2)=CC(C2CCCCC2)=NC1C. The second-order valence-electron chi connectivity index (χ2n) is 6.96. The van der Waals surface area contributed by atoms with Gasteiger partial charge in [0, 0.05) is 23.9 Å². The molecular weight excluding hydrogens is 280 g/mol. The van der Waals surface area contributed by atoms with Gasteiger partial charge in [-0.3, -0.25) is 4.99 Å². The van der Waals surface area contributed by atoms with Gasteiger partial charge in [0.05, 0.1) is 0 Å². The van der Waals surface area contributed by atoms with Crippen molar-refractivity contribution in [3.8, 4) is 0 Å². The Balaban J connectivity index is 1.90. The molecule has 0 bridgehead atoms. The zero-order valence-corrected chi connectivity index (χ0v) is 14.7. The maximum absolute atomic E-state index is 5.08. The quantitative estimate of drug-likeness (QED) is 0.700. The Morgan fingerprint density at radius 2 is 1.83 bits per heavy atom. The van der Waals surface area contributed by atoms with Crippen molar-refractivity contribution >= 4 is 11.4 Å². The largest absolute Gasteiger partial charge is 0.349 e. The molecule has 0 radical (unpaired) electrons. The highest BCUT2D eigenvalue weighted by Gasteiger charge is 2.26. The van der Waals surface area contributed by atoms with Crippen molar-refractivity contribution in [3.05, 3.63) is 42.0 Å². The molecule has 124 valence electrons. The second-order valence-corrected chi connectivity index (χ2v) is 6.96. The molecule has 0 aromatic heterocycles. The molecule has 1 fully saturated rings. The molecule has 1 aromatic rings. The molecule has 0 N–H and O–H groups in total. The Kier molecular flexibility index (Phi) is 5.53. The number of allylic oxidation sites excluding steroid dienone is 1. The van der Waals surface area contributed by atoms with Gasteiger partial charge in [0.25, 0.3) is 0 Å². The summed E-state index contributed by atoms with van der Waals surface area (Å²) >= 11 is 0. The summed E-state index contributed by atoms with van der Waals surface area (Å²) in [6.07, 6.45) is 11.9. The van der Waals surface area contributed by atoms with E-state index in [9.17, 15) is 0 Å². The van der Waals surface area contributed by atoms with E-state index in [-0.39, 0.29) is 6.17 Å². The predicted molar refractivity (Wildman–Crippen MR) is 99.5 cm³/mol. The monoisotopic (exact) mass is 310 g/mol. The van der Waals surface area contributed by atoms with Crippen LogP contribution >= 0.6 is 0 Å². The lowest BCUT2D eigenvalue weighted by molar-refractivity contribution is 0.308. The lowest BCUT2D eigenvalue weighted by Crippen LogP contribution is -2.36. The average Bonchev–Trinajstić information content (AvgIpc) is 2.61. The van der Waals surface area contributed by atoms with Gasteiger partial charge in [0.1, 0.15) is 6.17 Å². The molecule has 0 amide bonds. The van der Waals surface area contributed by atoms with E-state index >= 15 is 0 Å². The molecule has 1 heterocycles. The van der Waals surface area contributed by atoms with Gasteiger partial charge in [-0.15, -0.1) is 0 Å². The van der Waals surface area contributed by atoms with Crippen LogP contribution in [-0.4, -0.2) is 23.3 Å². The van der Waals surface area contributed by atoms with Crippen LogP contribution in [0.15, 0.2) is 41.4 Å². The van der Waals surface area contributed by atoms with Crippen LogP contribution in [0.2, 0.25) is 0 Å². The van der Waals surface area contributed by atoms with Crippen molar-refractivity contribution < 1.29 is 0 Å². The Labute approximate surface area is 141 Å². The van der Waals surface area contributed by atoms with Gasteiger partial charge >= 0.3 is 0 Å². The average molecular weight is 310 g/mol. The van der Waals surface area contributed by atoms with E-state index in [1.54, 1.807) is 0 Å². The minimum atomic E-state index is 0.263. The maximum Gasteiger partial charge on any atom is 0.118 e. The highest BCUT2D eigenvalue weighted by atomic mass is 15.3. The van der Waals surface area contributed by atoms with Gasteiger partial charge in [-0.1, -0.05) is 62.9 Å². The van der Waals surface area contributed by atoms with Gasteiger partial charge < -0.3 is 4.90 Å². The summed E-state index contributed by atoms with van der Waals surface area (Å²) in [6.45, 7) is 5.62. The van der Waals surface area contributed by atoms with Crippen molar-refractivity contribution in [2.45, 2.75) is 65.0 Å². The van der Waals surface area contributed by atoms with Crippen LogP contribution < -0.4 is 0 Å². The van der Waals surface area contributed by atoms with Gasteiger partial charge in [0.15, 0.2) is 0 Å². The van der Waals surface area contributed by atoms with Crippen LogP contribution in [-0.2, 0) is 0 Å². The van der Waals surface area contributed by atoms with Crippen molar-refractivity contribution in [3.63, 3.8) is 0 Å². The topological polar surface area (TPSA) is 15.6 Å². The number of nitrogens with zero attached hydrogens (tertiary/aromatic N) is 2. The fourth-order valence-corrected chi connectivity index (χ4v) is 3.86. The molecule has 2 heteroatoms. The molecule has 1 atom stereocenters. The van der Waals surface area contributed by atoms with Crippen LogP contribution in [0.4, 0.5) is 0 Å². The van der Waals surface area contributed by atoms with E-state index in [0.717, 1.165) is 6.54 Å². The lowest BCUT2D eigenvalue weighted by atomic mass is 9.84. The van der Waals surface area contributed by atoms with Crippen LogP contribution in [0.5, 0.6) is 0 Å². The van der Waals surface area contributed by atoms with E-state index in [1.165, 1.54) is 61.9 Å². The summed E-state index contributed by atoms with van der Waals surface area (Å²) < 4.78 is 0. The van der Waals surface area contributed by atoms with Crippen molar-refractivity contribution in [2.24, 2.45) is 10.9 Å². The van der Waals surface area contributed by atoms with Gasteiger partial charge in [-0.05, 0) is 37.8 Å². The normalized spacial score (nSPS) is 22.7. The zero-order valence-electron chi connectivity index (χ0n) is 14.7. The summed E-state index contributed by atoms with van der Waals surface area (Å²) in [5.74, 6) is 0.679. The van der Waals surface area contributed by atoms with Gasteiger partial charge in [0.2, 0.25) is 0 Å². The zero-order chi connectivity index (χ0) is 16.1. The number of aliphatic imine (C=N–C) groups is 1. The molecular formula is C21H30N2. The third-order valence-corrected chi connectivity index (χ3v) is 5.23. The predicted octanol–water partition coefficient (Wildman–Crippen LogP) is 5.51. The number of hydrogen-bond donors (Lipinski definition) is 0. The van der Waals surface area contributed by atoms with Crippen LogP contribution in [0, 0.1) is 5.92 Å². The second kappa shape index (κ2) is 7.81. The number of hydrogen-bond acceptors (Lipinski definition) is 2. The number of unbranched alkanes of at least 4 members (excludes halogenated alkanes) is 1. The summed E-state index contributed by atoms with van der Waals surface area (Å²) in [7, 11) is 0. The number of benzene rings is 1. The third-order valence-electron chi connectivity index (χ3n) is 5.23. The Morgan fingerprint density at radius 3 is 2.52 bits per heavy atom. The minimum absolute atomic E-state index is 0.263. The highest BCUT2D eigenvalue weighted by Crippen LogP contribution is 2.32. The molecule has 3 rings (SSSR count). The molecule has 0 spiro atoms. The molecule has 2 nitrogen and oxygen atoms in total. The van der Waals surface area contributed by atoms with Crippen LogP contribution in [0.1, 0.15) is 64.4 Å². The van der Waals surface area contributed by atoms with E-state index in [4.69, 9.17) is 4.99 Å². The molecule has 1 aliphatic heterocycles. The lowest BCUT2D eigenvalue weighted by Gasteiger charge is -2.37. The van der Waals surface area contributed by atoms with Crippen molar-refractivity contribution in [1.29, 1.82) is 0 Å².